The van der Waals surface area contributed by atoms with Crippen LogP contribution in [0, 0.1) is 0 Å². The van der Waals surface area contributed by atoms with Crippen molar-refractivity contribution in [1.82, 2.24) is 0 Å². The topological polar surface area (TPSA) is 109 Å². The van der Waals surface area contributed by atoms with Gasteiger partial charge in [0.2, 0.25) is 0 Å². The average Bonchev–Trinajstić information content (AvgIpc) is 2.24. The van der Waals surface area contributed by atoms with Crippen LogP contribution in [0.2, 0.25) is 0 Å². The van der Waals surface area contributed by atoms with Crippen LogP contribution in [0.25, 0.3) is 0 Å². The molecule has 0 aliphatic heterocycles. The molecule has 0 aromatic carbocycles. The maximum absolute atomic E-state index is 8.66. The molecule has 7 nitrogen and oxygen atoms in total. The van der Waals surface area contributed by atoms with E-state index in [1.807, 2.05) is 0 Å². The summed E-state index contributed by atoms with van der Waals surface area (Å²) in [6.45, 7) is 3.38. The Balaban J connectivity index is 3.87. The monoisotopic (exact) mass is 252 g/mol. The minimum atomic E-state index is -2.88. The standard InChI is InChI=1S/C10H20O7/c1-2-4-15-6-9(7-16-5-3-11)17-8-10(12,13)14/h2,9,11-14H,1,3-8H2. The van der Waals surface area contributed by atoms with Gasteiger partial charge < -0.3 is 34.6 Å². The molecular formula is C10H20O7. The van der Waals surface area contributed by atoms with Gasteiger partial charge >= 0.3 is 0 Å². The molecular weight excluding hydrogens is 232 g/mol. The van der Waals surface area contributed by atoms with E-state index in [2.05, 4.69) is 6.58 Å². The summed E-state index contributed by atoms with van der Waals surface area (Å²) in [5, 5.41) is 34.5. The summed E-state index contributed by atoms with van der Waals surface area (Å²) in [5.41, 5.74) is 0. The summed E-state index contributed by atoms with van der Waals surface area (Å²) in [6.07, 6.45) is 0.979. The molecule has 0 fully saturated rings. The van der Waals surface area contributed by atoms with E-state index < -0.39 is 18.7 Å². The first-order valence-electron chi connectivity index (χ1n) is 5.15. The third-order valence-corrected chi connectivity index (χ3v) is 1.59. The summed E-state index contributed by atoms with van der Waals surface area (Å²) < 4.78 is 15.1. The Bertz CT molecular complexity index is 190. The number of hydrogen-bond donors (Lipinski definition) is 4. The number of aliphatic hydroxyl groups is 4. The first-order valence-corrected chi connectivity index (χ1v) is 5.15. The molecule has 4 N–H and O–H groups in total. The quantitative estimate of drug-likeness (QED) is 0.195. The van der Waals surface area contributed by atoms with E-state index in [-0.39, 0.29) is 26.4 Å². The minimum absolute atomic E-state index is 0.105. The Hall–Kier alpha value is -0.540. The fourth-order valence-corrected chi connectivity index (χ4v) is 0.936. The average molecular weight is 252 g/mol. The molecule has 0 spiro atoms. The smallest absolute Gasteiger partial charge is 0.300 e. The van der Waals surface area contributed by atoms with Gasteiger partial charge in [0.15, 0.2) is 0 Å². The maximum atomic E-state index is 8.66. The van der Waals surface area contributed by atoms with Crippen molar-refractivity contribution in [2.75, 3.05) is 39.6 Å². The molecule has 7 heteroatoms. The van der Waals surface area contributed by atoms with Gasteiger partial charge in [-0.05, 0) is 0 Å². The molecule has 0 aromatic rings. The zero-order valence-corrected chi connectivity index (χ0v) is 9.62. The van der Waals surface area contributed by atoms with Gasteiger partial charge in [0, 0.05) is 0 Å². The molecule has 0 heterocycles. The summed E-state index contributed by atoms with van der Waals surface area (Å²) >= 11 is 0. The molecule has 0 saturated carbocycles. The van der Waals surface area contributed by atoms with Gasteiger partial charge in [-0.3, -0.25) is 0 Å². The SMILES string of the molecule is C=CCOCC(COCCO)OCC(O)(O)O. The van der Waals surface area contributed by atoms with Gasteiger partial charge in [-0.1, -0.05) is 6.08 Å². The summed E-state index contributed by atoms with van der Waals surface area (Å²) in [7, 11) is 0. The van der Waals surface area contributed by atoms with Crippen LogP contribution in [0.3, 0.4) is 0 Å². The first kappa shape index (κ1) is 16.5. The van der Waals surface area contributed by atoms with Crippen LogP contribution < -0.4 is 0 Å². The summed E-state index contributed by atoms with van der Waals surface area (Å²) in [6, 6.07) is 0. The zero-order chi connectivity index (χ0) is 13.1. The molecule has 0 aromatic heterocycles. The van der Waals surface area contributed by atoms with Crippen molar-refractivity contribution in [3.05, 3.63) is 12.7 Å². The van der Waals surface area contributed by atoms with E-state index in [4.69, 9.17) is 34.6 Å². The molecule has 0 rings (SSSR count). The Morgan fingerprint density at radius 1 is 1.18 bits per heavy atom. The highest BCUT2D eigenvalue weighted by Gasteiger charge is 2.21. The summed E-state index contributed by atoms with van der Waals surface area (Å²) in [4.78, 5) is 0. The van der Waals surface area contributed by atoms with Crippen LogP contribution in [-0.2, 0) is 14.2 Å². The van der Waals surface area contributed by atoms with Crippen LogP contribution in [0.5, 0.6) is 0 Å². The second-order valence-corrected chi connectivity index (χ2v) is 3.33. The first-order chi connectivity index (χ1) is 7.99. The highest BCUT2D eigenvalue weighted by Crippen LogP contribution is 2.01. The zero-order valence-electron chi connectivity index (χ0n) is 9.62. The maximum Gasteiger partial charge on any atom is 0.300 e. The lowest BCUT2D eigenvalue weighted by molar-refractivity contribution is -0.337. The molecule has 0 aliphatic carbocycles. The number of aliphatic hydroxyl groups excluding tert-OH is 1. The Labute approximate surface area is 99.9 Å². The van der Waals surface area contributed by atoms with Crippen molar-refractivity contribution in [1.29, 1.82) is 0 Å². The van der Waals surface area contributed by atoms with Crippen LogP contribution in [0.1, 0.15) is 0 Å². The van der Waals surface area contributed by atoms with Crippen molar-refractivity contribution in [3.8, 4) is 0 Å². The Morgan fingerprint density at radius 3 is 2.35 bits per heavy atom. The predicted molar refractivity (Wildman–Crippen MR) is 58.0 cm³/mol. The van der Waals surface area contributed by atoms with Crippen LogP contribution in [0.4, 0.5) is 0 Å². The van der Waals surface area contributed by atoms with Crippen LogP contribution in [-0.4, -0.2) is 72.1 Å². The van der Waals surface area contributed by atoms with Crippen molar-refractivity contribution >= 4 is 0 Å². The van der Waals surface area contributed by atoms with E-state index in [0.29, 0.717) is 6.61 Å². The molecule has 0 amide bonds. The predicted octanol–water partition coefficient (Wildman–Crippen LogP) is -1.79. The Morgan fingerprint density at radius 2 is 1.82 bits per heavy atom. The number of ether oxygens (including phenoxy) is 3. The molecule has 1 atom stereocenters. The van der Waals surface area contributed by atoms with E-state index in [1.54, 1.807) is 6.08 Å². The van der Waals surface area contributed by atoms with E-state index in [0.717, 1.165) is 0 Å². The minimum Gasteiger partial charge on any atom is -0.394 e. The van der Waals surface area contributed by atoms with E-state index >= 15 is 0 Å². The van der Waals surface area contributed by atoms with Crippen molar-refractivity contribution in [3.63, 3.8) is 0 Å². The lowest BCUT2D eigenvalue weighted by Gasteiger charge is -2.21. The summed E-state index contributed by atoms with van der Waals surface area (Å²) in [5.74, 6) is -2.88. The molecule has 0 bridgehead atoms. The third-order valence-electron chi connectivity index (χ3n) is 1.59. The highest BCUT2D eigenvalue weighted by molar-refractivity contribution is 4.65. The van der Waals surface area contributed by atoms with Gasteiger partial charge in [-0.2, -0.15) is 0 Å². The van der Waals surface area contributed by atoms with Gasteiger partial charge in [0.1, 0.15) is 12.7 Å². The molecule has 0 radical (unpaired) electrons. The second-order valence-electron chi connectivity index (χ2n) is 3.33. The van der Waals surface area contributed by atoms with Crippen LogP contribution in [0.15, 0.2) is 12.7 Å². The van der Waals surface area contributed by atoms with Gasteiger partial charge in [0.25, 0.3) is 5.97 Å². The van der Waals surface area contributed by atoms with E-state index in [9.17, 15) is 0 Å². The van der Waals surface area contributed by atoms with Gasteiger partial charge in [-0.15, -0.1) is 6.58 Å². The normalized spacial score (nSPS) is 13.6. The largest absolute Gasteiger partial charge is 0.394 e. The fourth-order valence-electron chi connectivity index (χ4n) is 0.936. The fraction of sp³-hybridized carbons (Fsp3) is 0.800. The number of rotatable bonds is 11. The Kier molecular flexibility index (Phi) is 9.18. The van der Waals surface area contributed by atoms with Crippen molar-refractivity contribution in [2.24, 2.45) is 0 Å². The molecule has 0 saturated heterocycles. The third kappa shape index (κ3) is 11.7. The second kappa shape index (κ2) is 9.49. The van der Waals surface area contributed by atoms with E-state index in [1.165, 1.54) is 0 Å². The molecule has 17 heavy (non-hydrogen) atoms. The van der Waals surface area contributed by atoms with Gasteiger partial charge in [0.05, 0.1) is 33.0 Å². The molecule has 0 aliphatic rings. The molecule has 102 valence electrons. The lowest BCUT2D eigenvalue weighted by atomic mass is 10.4. The van der Waals surface area contributed by atoms with Crippen LogP contribution >= 0.6 is 0 Å². The van der Waals surface area contributed by atoms with Crippen molar-refractivity contribution < 1.29 is 34.6 Å². The highest BCUT2D eigenvalue weighted by atomic mass is 16.7. The lowest BCUT2D eigenvalue weighted by Crippen LogP contribution is -2.38. The number of hydrogen-bond acceptors (Lipinski definition) is 7. The van der Waals surface area contributed by atoms with Gasteiger partial charge in [-0.25, -0.2) is 0 Å². The van der Waals surface area contributed by atoms with Crippen molar-refractivity contribution in [2.45, 2.75) is 12.1 Å². The molecule has 1 unspecified atom stereocenters.